The van der Waals surface area contributed by atoms with Crippen LogP contribution in [0.15, 0.2) is 36.4 Å². The van der Waals surface area contributed by atoms with E-state index in [1.165, 1.54) is 34.5 Å². The largest absolute Gasteiger partial charge is 0.405 e. The molecule has 0 spiro atoms. The van der Waals surface area contributed by atoms with Gasteiger partial charge in [0.1, 0.15) is 22.9 Å². The second-order valence-electron chi connectivity index (χ2n) is 7.76. The van der Waals surface area contributed by atoms with Crippen molar-refractivity contribution < 1.29 is 22.0 Å². The summed E-state index contributed by atoms with van der Waals surface area (Å²) in [5, 5.41) is 7.70. The van der Waals surface area contributed by atoms with Crippen LogP contribution in [-0.2, 0) is 0 Å². The fraction of sp³-hybridized carbons (Fsp3) is 0.227. The number of hydrogen-bond acceptors (Lipinski definition) is 4. The number of aromatic nitrogens is 4. The van der Waals surface area contributed by atoms with Gasteiger partial charge in [0.25, 0.3) is 5.78 Å². The maximum Gasteiger partial charge on any atom is 0.405 e. The molecule has 0 aliphatic heterocycles. The molecule has 0 amide bonds. The van der Waals surface area contributed by atoms with Crippen molar-refractivity contribution >= 4 is 39.8 Å². The molecule has 5 nitrogen and oxygen atoms in total. The summed E-state index contributed by atoms with van der Waals surface area (Å²) < 4.78 is 70.1. The van der Waals surface area contributed by atoms with Crippen molar-refractivity contribution in [3.8, 4) is 11.8 Å². The number of nitrogens with zero attached hydrogens (tertiary/aromatic N) is 5. The van der Waals surface area contributed by atoms with Gasteiger partial charge in [-0.2, -0.15) is 18.2 Å². The van der Waals surface area contributed by atoms with Crippen molar-refractivity contribution in [3.05, 3.63) is 58.9 Å². The molecule has 2 aromatic heterocycles. The minimum absolute atomic E-state index is 0.00992. The minimum atomic E-state index is -4.44. The highest BCUT2D eigenvalue weighted by Gasteiger charge is 2.62. The van der Waals surface area contributed by atoms with Crippen LogP contribution in [-0.4, -0.2) is 32.8 Å². The Morgan fingerprint density at radius 2 is 1.88 bits per heavy atom. The zero-order valence-corrected chi connectivity index (χ0v) is 17.6. The van der Waals surface area contributed by atoms with Crippen LogP contribution in [0.25, 0.3) is 16.7 Å². The second kappa shape index (κ2) is 7.28. The van der Waals surface area contributed by atoms with Gasteiger partial charge in [-0.05, 0) is 54.8 Å². The topological polar surface area (TPSA) is 46.3 Å². The van der Waals surface area contributed by atoms with E-state index < -0.39 is 23.2 Å². The van der Waals surface area contributed by atoms with Gasteiger partial charge >= 0.3 is 6.18 Å². The van der Waals surface area contributed by atoms with Crippen LogP contribution in [0.4, 0.5) is 33.5 Å². The Bertz CT molecular complexity index is 1480. The molecule has 0 N–H and O–H groups in total. The van der Waals surface area contributed by atoms with Gasteiger partial charge in [-0.15, -0.1) is 10.2 Å². The number of benzene rings is 2. The molecule has 0 unspecified atom stereocenters. The zero-order chi connectivity index (χ0) is 23.5. The number of rotatable bonds is 2. The molecule has 11 heteroatoms. The summed E-state index contributed by atoms with van der Waals surface area (Å²) in [7, 11) is 1.52. The van der Waals surface area contributed by atoms with E-state index in [1.807, 2.05) is 0 Å². The molecule has 0 radical (unpaired) electrons. The number of hydrogen-bond donors (Lipinski definition) is 0. The van der Waals surface area contributed by atoms with E-state index in [0.29, 0.717) is 5.52 Å². The maximum atomic E-state index is 14.9. The van der Waals surface area contributed by atoms with Crippen molar-refractivity contribution in [2.75, 3.05) is 11.9 Å². The molecule has 0 bridgehead atoms. The summed E-state index contributed by atoms with van der Waals surface area (Å²) in [4.78, 5) is 5.73. The summed E-state index contributed by atoms with van der Waals surface area (Å²) in [6.07, 6.45) is -4.61. The van der Waals surface area contributed by atoms with E-state index in [0.717, 1.165) is 12.1 Å². The van der Waals surface area contributed by atoms with Crippen LogP contribution in [0.3, 0.4) is 0 Å². The smallest absolute Gasteiger partial charge is 0.329 e. The first-order valence-electron chi connectivity index (χ1n) is 9.73. The molecule has 5 rings (SSSR count). The Morgan fingerprint density at radius 3 is 2.58 bits per heavy atom. The van der Waals surface area contributed by atoms with Crippen LogP contribution < -0.4 is 4.90 Å². The highest BCUT2D eigenvalue weighted by atomic mass is 35.5. The third-order valence-corrected chi connectivity index (χ3v) is 5.84. The van der Waals surface area contributed by atoms with Gasteiger partial charge in [0.05, 0.1) is 10.9 Å². The summed E-state index contributed by atoms with van der Waals surface area (Å²) in [5.74, 6) is 3.57. The van der Waals surface area contributed by atoms with Crippen LogP contribution in [0.5, 0.6) is 0 Å². The van der Waals surface area contributed by atoms with Crippen molar-refractivity contribution in [1.29, 1.82) is 0 Å². The Hall–Kier alpha value is -3.45. The van der Waals surface area contributed by atoms with Crippen LogP contribution in [0, 0.1) is 28.9 Å². The lowest BCUT2D eigenvalue weighted by molar-refractivity contribution is -0.168. The van der Waals surface area contributed by atoms with Crippen LogP contribution >= 0.6 is 11.6 Å². The first-order chi connectivity index (χ1) is 15.6. The molecule has 33 heavy (non-hydrogen) atoms. The third-order valence-electron chi connectivity index (χ3n) is 5.59. The molecule has 1 aliphatic rings. The predicted octanol–water partition coefficient (Wildman–Crippen LogP) is 5.67. The Morgan fingerprint density at radius 1 is 1.12 bits per heavy atom. The highest BCUT2D eigenvalue weighted by molar-refractivity contribution is 6.29. The first-order valence-corrected chi connectivity index (χ1v) is 10.1. The van der Waals surface area contributed by atoms with Gasteiger partial charge in [-0.3, -0.25) is 0 Å². The van der Waals surface area contributed by atoms with Crippen molar-refractivity contribution in [3.63, 3.8) is 0 Å². The monoisotopic (exact) mass is 477 g/mol. The van der Waals surface area contributed by atoms with E-state index in [9.17, 15) is 22.0 Å². The molecule has 2 aromatic carbocycles. The second-order valence-corrected chi connectivity index (χ2v) is 8.10. The van der Waals surface area contributed by atoms with Crippen LogP contribution in [0.1, 0.15) is 18.4 Å². The van der Waals surface area contributed by atoms with Crippen LogP contribution in [0.2, 0.25) is 5.28 Å². The van der Waals surface area contributed by atoms with Crippen molar-refractivity contribution in [1.82, 2.24) is 19.6 Å². The predicted molar refractivity (Wildman–Crippen MR) is 112 cm³/mol. The SMILES string of the molecule is CN(c1cc(F)cc(C#CC2(C(F)(F)F)CC2)c1)c1nc2nnc(Cl)n2c2cccc(F)c12. The molecule has 1 aliphatic carbocycles. The van der Waals surface area contributed by atoms with Gasteiger partial charge < -0.3 is 4.90 Å². The van der Waals surface area contributed by atoms with E-state index in [1.54, 1.807) is 6.07 Å². The summed E-state index contributed by atoms with van der Waals surface area (Å²) in [6, 6.07) is 7.94. The summed E-state index contributed by atoms with van der Waals surface area (Å²) in [6.45, 7) is 0. The normalized spacial score (nSPS) is 14.9. The fourth-order valence-corrected chi connectivity index (χ4v) is 3.81. The molecule has 168 valence electrons. The standard InChI is InChI=1S/C22H13ClF5N5/c1-32(14-10-12(9-13(24)11-14)5-6-21(7-8-21)22(26,27)28)18-17-15(25)3-2-4-16(17)33-19(23)30-31-20(33)29-18/h2-4,9-11H,7-8H2,1H3. The van der Waals surface area contributed by atoms with Gasteiger partial charge in [0.2, 0.25) is 5.28 Å². The van der Waals surface area contributed by atoms with Crippen molar-refractivity contribution in [2.45, 2.75) is 19.0 Å². The zero-order valence-electron chi connectivity index (χ0n) is 16.9. The van der Waals surface area contributed by atoms with Gasteiger partial charge in [-0.25, -0.2) is 13.2 Å². The van der Waals surface area contributed by atoms with E-state index in [4.69, 9.17) is 11.6 Å². The Labute approximate surface area is 188 Å². The third kappa shape index (κ3) is 3.53. The molecule has 0 saturated heterocycles. The highest BCUT2D eigenvalue weighted by Crippen LogP contribution is 2.57. The quantitative estimate of drug-likeness (QED) is 0.276. The van der Waals surface area contributed by atoms with Crippen molar-refractivity contribution in [2.24, 2.45) is 5.41 Å². The molecule has 4 aromatic rings. The van der Waals surface area contributed by atoms with E-state index >= 15 is 0 Å². The minimum Gasteiger partial charge on any atom is -0.329 e. The maximum absolute atomic E-state index is 14.9. The fourth-order valence-electron chi connectivity index (χ4n) is 3.61. The van der Waals surface area contributed by atoms with E-state index in [2.05, 4.69) is 27.0 Å². The summed E-state index contributed by atoms with van der Waals surface area (Å²) >= 11 is 6.07. The summed E-state index contributed by atoms with van der Waals surface area (Å²) in [5.41, 5.74) is -1.43. The molecule has 1 fully saturated rings. The van der Waals surface area contributed by atoms with E-state index in [-0.39, 0.29) is 46.4 Å². The molecule has 2 heterocycles. The molecule has 1 saturated carbocycles. The average Bonchev–Trinajstić information content (AvgIpc) is 3.48. The lowest BCUT2D eigenvalue weighted by Gasteiger charge is -2.21. The van der Waals surface area contributed by atoms with Gasteiger partial charge in [0.15, 0.2) is 0 Å². The number of alkyl halides is 3. The first kappa shape index (κ1) is 21.4. The lowest BCUT2D eigenvalue weighted by Crippen LogP contribution is -2.22. The Balaban J connectivity index is 1.63. The lowest BCUT2D eigenvalue weighted by atomic mass is 10.1. The number of halogens is 6. The number of anilines is 2. The van der Waals surface area contributed by atoms with Gasteiger partial charge in [-0.1, -0.05) is 17.9 Å². The average molecular weight is 478 g/mol. The Kier molecular flexibility index (Phi) is 4.72. The van der Waals surface area contributed by atoms with Gasteiger partial charge in [0, 0.05) is 18.3 Å². The molecular formula is C22H13ClF5N5. The number of fused-ring (bicyclic) bond motifs is 3. The molecular weight excluding hydrogens is 465 g/mol. The molecule has 0 atom stereocenters.